The standard InChI is InChI=1S/C38H34N2O6/c1-23(2)37(43)45-19-17-25-9-13-27(14-10-25)39-29-21-32-34(36(42)31-8-6-5-7-30(31)35(32)41)33(22-29)40-28-15-11-26(12-16-28)18-20-46-38(44)24(3)4/h5-16,21-22,39-40H,1,3,17-20H2,2,4H3. The van der Waals surface area contributed by atoms with Gasteiger partial charge in [0.05, 0.1) is 24.5 Å². The van der Waals surface area contributed by atoms with E-state index in [1.54, 1.807) is 44.2 Å². The van der Waals surface area contributed by atoms with Crippen molar-refractivity contribution in [2.75, 3.05) is 23.8 Å². The first kappa shape index (κ1) is 31.7. The molecule has 0 saturated carbocycles. The van der Waals surface area contributed by atoms with Crippen molar-refractivity contribution in [2.24, 2.45) is 0 Å². The molecule has 46 heavy (non-hydrogen) atoms. The maximum absolute atomic E-state index is 13.7. The average molecular weight is 615 g/mol. The van der Waals surface area contributed by atoms with Gasteiger partial charge in [-0.25, -0.2) is 9.59 Å². The first-order valence-corrected chi connectivity index (χ1v) is 14.8. The van der Waals surface area contributed by atoms with Gasteiger partial charge < -0.3 is 20.1 Å². The summed E-state index contributed by atoms with van der Waals surface area (Å²) in [7, 11) is 0. The quantitative estimate of drug-likeness (QED) is 0.112. The van der Waals surface area contributed by atoms with Gasteiger partial charge in [0.2, 0.25) is 0 Å². The molecule has 1 aliphatic carbocycles. The summed E-state index contributed by atoms with van der Waals surface area (Å²) < 4.78 is 10.4. The van der Waals surface area contributed by atoms with Crippen molar-refractivity contribution >= 4 is 46.3 Å². The molecule has 0 aromatic heterocycles. The van der Waals surface area contributed by atoms with Gasteiger partial charge in [-0.2, -0.15) is 0 Å². The zero-order chi connectivity index (χ0) is 32.8. The van der Waals surface area contributed by atoms with E-state index in [1.807, 2.05) is 54.6 Å². The lowest BCUT2D eigenvalue weighted by Crippen LogP contribution is -2.22. The monoisotopic (exact) mass is 614 g/mol. The summed E-state index contributed by atoms with van der Waals surface area (Å²) in [6.45, 7) is 10.9. The predicted molar refractivity (Wildman–Crippen MR) is 178 cm³/mol. The van der Waals surface area contributed by atoms with E-state index in [0.717, 1.165) is 22.5 Å². The third-order valence-corrected chi connectivity index (χ3v) is 7.45. The zero-order valence-corrected chi connectivity index (χ0v) is 25.8. The molecule has 0 atom stereocenters. The highest BCUT2D eigenvalue weighted by atomic mass is 16.5. The van der Waals surface area contributed by atoms with E-state index >= 15 is 0 Å². The average Bonchev–Trinajstić information content (AvgIpc) is 3.05. The van der Waals surface area contributed by atoms with Crippen molar-refractivity contribution in [1.29, 1.82) is 0 Å². The third-order valence-electron chi connectivity index (χ3n) is 7.45. The molecule has 0 bridgehead atoms. The smallest absolute Gasteiger partial charge is 0.333 e. The van der Waals surface area contributed by atoms with E-state index in [4.69, 9.17) is 9.47 Å². The fourth-order valence-corrected chi connectivity index (χ4v) is 5.00. The molecule has 8 heteroatoms. The molecule has 0 unspecified atom stereocenters. The number of carbonyl (C=O) groups is 4. The molecule has 0 saturated heterocycles. The van der Waals surface area contributed by atoms with Gasteiger partial charge in [0.15, 0.2) is 11.6 Å². The lowest BCUT2D eigenvalue weighted by Gasteiger charge is -2.22. The van der Waals surface area contributed by atoms with Crippen LogP contribution < -0.4 is 10.6 Å². The number of benzene rings is 4. The Kier molecular flexibility index (Phi) is 9.57. The summed E-state index contributed by atoms with van der Waals surface area (Å²) in [5.41, 5.74) is 6.64. The van der Waals surface area contributed by atoms with Crippen LogP contribution in [0.4, 0.5) is 22.7 Å². The number of anilines is 4. The van der Waals surface area contributed by atoms with Crippen LogP contribution in [0.1, 0.15) is 56.8 Å². The zero-order valence-electron chi connectivity index (χ0n) is 25.8. The van der Waals surface area contributed by atoms with Crippen molar-refractivity contribution in [3.05, 3.63) is 143 Å². The molecular weight excluding hydrogens is 580 g/mol. The number of rotatable bonds is 12. The molecule has 8 nitrogen and oxygen atoms in total. The summed E-state index contributed by atoms with van der Waals surface area (Å²) in [6, 6.07) is 25.6. The van der Waals surface area contributed by atoms with Crippen LogP contribution in [-0.2, 0) is 31.9 Å². The fourth-order valence-electron chi connectivity index (χ4n) is 5.00. The van der Waals surface area contributed by atoms with Crippen LogP contribution in [0, 0.1) is 0 Å². The first-order chi connectivity index (χ1) is 22.1. The van der Waals surface area contributed by atoms with Gasteiger partial charge in [0, 0.05) is 57.7 Å². The van der Waals surface area contributed by atoms with Gasteiger partial charge in [-0.1, -0.05) is 61.7 Å². The molecule has 1 aliphatic rings. The molecule has 232 valence electrons. The van der Waals surface area contributed by atoms with Crippen LogP contribution in [0.25, 0.3) is 0 Å². The summed E-state index contributed by atoms with van der Waals surface area (Å²) in [6.07, 6.45) is 1.09. The largest absolute Gasteiger partial charge is 0.462 e. The second kappa shape index (κ2) is 13.9. The minimum atomic E-state index is -0.421. The number of hydrogen-bond donors (Lipinski definition) is 2. The Bertz CT molecular complexity index is 1860. The number of nitrogens with one attached hydrogen (secondary N) is 2. The molecule has 0 heterocycles. The van der Waals surface area contributed by atoms with Crippen molar-refractivity contribution in [2.45, 2.75) is 26.7 Å². The molecule has 4 aromatic carbocycles. The Morgan fingerprint density at radius 3 is 1.59 bits per heavy atom. The van der Waals surface area contributed by atoms with E-state index in [2.05, 4.69) is 23.8 Å². The lowest BCUT2D eigenvalue weighted by atomic mass is 9.83. The highest BCUT2D eigenvalue weighted by Gasteiger charge is 2.32. The summed E-state index contributed by atoms with van der Waals surface area (Å²) in [4.78, 5) is 50.7. The van der Waals surface area contributed by atoms with Crippen LogP contribution in [0.5, 0.6) is 0 Å². The normalized spacial score (nSPS) is 11.6. The van der Waals surface area contributed by atoms with Crippen LogP contribution in [-0.4, -0.2) is 36.7 Å². The highest BCUT2D eigenvalue weighted by molar-refractivity contribution is 6.30. The van der Waals surface area contributed by atoms with E-state index in [1.165, 1.54) is 0 Å². The van der Waals surface area contributed by atoms with Crippen molar-refractivity contribution in [3.8, 4) is 0 Å². The number of carbonyl (C=O) groups excluding carboxylic acids is 4. The lowest BCUT2D eigenvalue weighted by molar-refractivity contribution is -0.139. The predicted octanol–water partition coefficient (Wildman–Crippen LogP) is 7.27. The van der Waals surface area contributed by atoms with Gasteiger partial charge in [0.25, 0.3) is 0 Å². The molecule has 0 spiro atoms. The van der Waals surface area contributed by atoms with Crippen molar-refractivity contribution in [1.82, 2.24) is 0 Å². The summed E-state index contributed by atoms with van der Waals surface area (Å²) in [5, 5.41) is 6.71. The molecule has 0 fully saturated rings. The minimum absolute atomic E-state index is 0.226. The maximum Gasteiger partial charge on any atom is 0.333 e. The van der Waals surface area contributed by atoms with Gasteiger partial charge in [-0.15, -0.1) is 0 Å². The fraction of sp³-hybridized carbons (Fsp3) is 0.158. The Labute approximate surface area is 267 Å². The number of ether oxygens (including phenoxy) is 2. The third kappa shape index (κ3) is 7.30. The number of hydrogen-bond acceptors (Lipinski definition) is 8. The molecule has 0 radical (unpaired) electrons. The highest BCUT2D eigenvalue weighted by Crippen LogP contribution is 2.37. The minimum Gasteiger partial charge on any atom is -0.462 e. The number of fused-ring (bicyclic) bond motifs is 2. The van der Waals surface area contributed by atoms with Gasteiger partial charge >= 0.3 is 11.9 Å². The second-order valence-electron chi connectivity index (χ2n) is 11.1. The SMILES string of the molecule is C=C(C)C(=O)OCCc1ccc(Nc2cc(Nc3ccc(CCOC(=O)C(=C)C)cc3)c3c(c2)C(=O)c2ccccc2C3=O)cc1. The molecule has 2 N–H and O–H groups in total. The van der Waals surface area contributed by atoms with Crippen molar-refractivity contribution < 1.29 is 28.7 Å². The van der Waals surface area contributed by atoms with Crippen molar-refractivity contribution in [3.63, 3.8) is 0 Å². The topological polar surface area (TPSA) is 111 Å². The number of esters is 2. The van der Waals surface area contributed by atoms with Gasteiger partial charge in [-0.3, -0.25) is 9.59 Å². The van der Waals surface area contributed by atoms with Gasteiger partial charge in [-0.05, 0) is 61.4 Å². The van der Waals surface area contributed by atoms with E-state index in [9.17, 15) is 19.2 Å². The Hall–Kier alpha value is -5.76. The van der Waals surface area contributed by atoms with E-state index in [0.29, 0.717) is 57.6 Å². The maximum atomic E-state index is 13.7. The van der Waals surface area contributed by atoms with Crippen LogP contribution in [0.2, 0.25) is 0 Å². The molecule has 0 amide bonds. The molecular formula is C38H34N2O6. The van der Waals surface area contributed by atoms with E-state index < -0.39 is 11.9 Å². The molecule has 4 aromatic rings. The number of ketones is 2. The Morgan fingerprint density at radius 2 is 1.09 bits per heavy atom. The summed E-state index contributed by atoms with van der Waals surface area (Å²) in [5.74, 6) is -1.29. The first-order valence-electron chi connectivity index (χ1n) is 14.8. The second-order valence-corrected chi connectivity index (χ2v) is 11.1. The van der Waals surface area contributed by atoms with Crippen LogP contribution >= 0.6 is 0 Å². The van der Waals surface area contributed by atoms with Gasteiger partial charge in [0.1, 0.15) is 0 Å². The van der Waals surface area contributed by atoms with E-state index in [-0.39, 0.29) is 24.8 Å². The Balaban J connectivity index is 1.38. The molecule has 5 rings (SSSR count). The van der Waals surface area contributed by atoms with Crippen LogP contribution in [0.15, 0.2) is 109 Å². The van der Waals surface area contributed by atoms with Crippen LogP contribution in [0.3, 0.4) is 0 Å². The summed E-state index contributed by atoms with van der Waals surface area (Å²) >= 11 is 0. The molecule has 0 aliphatic heterocycles. The Morgan fingerprint density at radius 1 is 0.609 bits per heavy atom.